The van der Waals surface area contributed by atoms with Crippen molar-refractivity contribution in [2.24, 2.45) is 0 Å². The van der Waals surface area contributed by atoms with Gasteiger partial charge in [-0.25, -0.2) is 0 Å². The molecule has 94 valence electrons. The number of anilines is 1. The van der Waals surface area contributed by atoms with E-state index < -0.39 is 30.4 Å². The van der Waals surface area contributed by atoms with Gasteiger partial charge in [-0.1, -0.05) is 12.1 Å². The Morgan fingerprint density at radius 1 is 1.39 bits per heavy atom. The molecule has 1 aliphatic rings. The highest BCUT2D eigenvalue weighted by molar-refractivity contribution is 6.10. The average Bonchev–Trinajstić information content (AvgIpc) is 2.41. The summed E-state index contributed by atoms with van der Waals surface area (Å²) in [6, 6.07) is 5.72. The van der Waals surface area contributed by atoms with Gasteiger partial charge in [-0.05, 0) is 19.1 Å². The summed E-state index contributed by atoms with van der Waals surface area (Å²) >= 11 is 0. The first-order valence-corrected chi connectivity index (χ1v) is 5.43. The van der Waals surface area contributed by atoms with E-state index in [1.165, 1.54) is 6.92 Å². The molecule has 0 aromatic heterocycles. The van der Waals surface area contributed by atoms with Crippen molar-refractivity contribution in [2.45, 2.75) is 13.0 Å². The summed E-state index contributed by atoms with van der Waals surface area (Å²) in [4.78, 5) is 35.8. The molecule has 1 heterocycles. The van der Waals surface area contributed by atoms with Crippen molar-refractivity contribution in [3.8, 4) is 0 Å². The molecule has 6 heteroatoms. The fraction of sp³-hybridized carbons (Fsp3) is 0.250. The zero-order valence-electron chi connectivity index (χ0n) is 9.71. The van der Waals surface area contributed by atoms with E-state index in [-0.39, 0.29) is 0 Å². The van der Waals surface area contributed by atoms with Crippen molar-refractivity contribution < 1.29 is 19.5 Å². The van der Waals surface area contributed by atoms with E-state index in [1.54, 1.807) is 24.3 Å². The van der Waals surface area contributed by atoms with Crippen molar-refractivity contribution in [1.29, 1.82) is 0 Å². The Morgan fingerprint density at radius 2 is 2.06 bits per heavy atom. The summed E-state index contributed by atoms with van der Waals surface area (Å²) in [6.45, 7) is 1.00. The first-order chi connectivity index (χ1) is 8.50. The number of carboxylic acid groups (broad SMARTS) is 1. The molecule has 6 nitrogen and oxygen atoms in total. The van der Waals surface area contributed by atoms with E-state index in [4.69, 9.17) is 5.11 Å². The van der Waals surface area contributed by atoms with Crippen LogP contribution in [0.5, 0.6) is 0 Å². The maximum absolute atomic E-state index is 12.2. The zero-order valence-corrected chi connectivity index (χ0v) is 9.71. The topological polar surface area (TPSA) is 86.7 Å². The van der Waals surface area contributed by atoms with Gasteiger partial charge in [0.15, 0.2) is 0 Å². The van der Waals surface area contributed by atoms with Gasteiger partial charge in [0.1, 0.15) is 12.6 Å². The molecular formula is C12H12N2O4. The fourth-order valence-corrected chi connectivity index (χ4v) is 1.84. The Labute approximate surface area is 103 Å². The number of nitrogens with zero attached hydrogens (tertiary/aromatic N) is 1. The predicted molar refractivity (Wildman–Crippen MR) is 63.2 cm³/mol. The molecule has 1 aliphatic heterocycles. The van der Waals surface area contributed by atoms with Crippen LogP contribution in [0.2, 0.25) is 0 Å². The minimum absolute atomic E-state index is 0.302. The quantitative estimate of drug-likeness (QED) is 0.800. The highest BCUT2D eigenvalue weighted by Gasteiger charge is 2.33. The Kier molecular flexibility index (Phi) is 3.01. The number of carbonyl (C=O) groups is 3. The second-order valence-electron chi connectivity index (χ2n) is 4.04. The molecule has 1 aromatic rings. The summed E-state index contributed by atoms with van der Waals surface area (Å²) in [6.07, 6.45) is 0. The number of nitrogens with one attached hydrogen (secondary N) is 1. The molecule has 0 bridgehead atoms. The predicted octanol–water partition coefficient (Wildman–Crippen LogP) is 0.554. The van der Waals surface area contributed by atoms with Crippen LogP contribution in [0.3, 0.4) is 0 Å². The Morgan fingerprint density at radius 3 is 2.72 bits per heavy atom. The van der Waals surface area contributed by atoms with Gasteiger partial charge < -0.3 is 15.3 Å². The zero-order chi connectivity index (χ0) is 13.3. The highest BCUT2D eigenvalue weighted by Crippen LogP contribution is 2.22. The standard InChI is InChI=1S/C12H12N2O4/c1-7-11(17)13-9-5-3-2-4-8(9)12(18)14(7)6-10(15)16/h2-5,7H,6H2,1H3,(H,13,17)(H,15,16)/t7-/m0/s1. The van der Waals surface area contributed by atoms with Crippen LogP contribution in [0.4, 0.5) is 5.69 Å². The number of carbonyl (C=O) groups excluding carboxylic acids is 2. The third-order valence-electron chi connectivity index (χ3n) is 2.83. The normalized spacial score (nSPS) is 18.9. The molecule has 0 aliphatic carbocycles. The summed E-state index contributed by atoms with van der Waals surface area (Å²) in [5, 5.41) is 11.4. The van der Waals surface area contributed by atoms with E-state index in [9.17, 15) is 14.4 Å². The van der Waals surface area contributed by atoms with E-state index >= 15 is 0 Å². The molecule has 0 radical (unpaired) electrons. The van der Waals surface area contributed by atoms with Crippen molar-refractivity contribution in [1.82, 2.24) is 4.90 Å². The molecule has 18 heavy (non-hydrogen) atoms. The lowest BCUT2D eigenvalue weighted by Crippen LogP contribution is -2.45. The van der Waals surface area contributed by atoms with Crippen LogP contribution in [-0.4, -0.2) is 40.4 Å². The van der Waals surface area contributed by atoms with Crippen LogP contribution in [0.25, 0.3) is 0 Å². The minimum atomic E-state index is -1.15. The van der Waals surface area contributed by atoms with E-state index in [2.05, 4.69) is 5.32 Å². The number of hydrogen-bond donors (Lipinski definition) is 2. The maximum atomic E-state index is 12.2. The largest absolute Gasteiger partial charge is 0.480 e. The molecule has 1 atom stereocenters. The second kappa shape index (κ2) is 4.48. The highest BCUT2D eigenvalue weighted by atomic mass is 16.4. The van der Waals surface area contributed by atoms with Gasteiger partial charge in [0, 0.05) is 0 Å². The third kappa shape index (κ3) is 2.04. The molecule has 0 unspecified atom stereocenters. The van der Waals surface area contributed by atoms with Crippen LogP contribution in [-0.2, 0) is 9.59 Å². The van der Waals surface area contributed by atoms with Crippen LogP contribution >= 0.6 is 0 Å². The van der Waals surface area contributed by atoms with Crippen molar-refractivity contribution in [2.75, 3.05) is 11.9 Å². The molecular weight excluding hydrogens is 236 g/mol. The van der Waals surface area contributed by atoms with Gasteiger partial charge in [0.25, 0.3) is 5.91 Å². The summed E-state index contributed by atoms with van der Waals surface area (Å²) < 4.78 is 0. The number of para-hydroxylation sites is 1. The number of benzene rings is 1. The summed E-state index contributed by atoms with van der Waals surface area (Å²) in [7, 11) is 0. The van der Waals surface area contributed by atoms with Gasteiger partial charge in [-0.3, -0.25) is 14.4 Å². The Bertz CT molecular complexity index is 527. The number of amides is 2. The lowest BCUT2D eigenvalue weighted by atomic mass is 10.1. The first kappa shape index (κ1) is 12.1. The molecule has 0 fully saturated rings. The summed E-state index contributed by atoms with van der Waals surface area (Å²) in [5.74, 6) is -2.00. The van der Waals surface area contributed by atoms with Gasteiger partial charge in [0.2, 0.25) is 5.91 Å². The number of rotatable bonds is 2. The molecule has 0 spiro atoms. The van der Waals surface area contributed by atoms with E-state index in [1.807, 2.05) is 0 Å². The maximum Gasteiger partial charge on any atom is 0.323 e. The van der Waals surface area contributed by atoms with Crippen LogP contribution in [0, 0.1) is 0 Å². The van der Waals surface area contributed by atoms with Crippen LogP contribution in [0.1, 0.15) is 17.3 Å². The van der Waals surface area contributed by atoms with E-state index in [0.29, 0.717) is 11.3 Å². The third-order valence-corrected chi connectivity index (χ3v) is 2.83. The van der Waals surface area contributed by atoms with E-state index in [0.717, 1.165) is 4.90 Å². The number of aliphatic carboxylic acids is 1. The first-order valence-electron chi connectivity index (χ1n) is 5.43. The van der Waals surface area contributed by atoms with Gasteiger partial charge in [-0.2, -0.15) is 0 Å². The number of hydrogen-bond acceptors (Lipinski definition) is 3. The van der Waals surface area contributed by atoms with Crippen molar-refractivity contribution in [3.63, 3.8) is 0 Å². The molecule has 2 rings (SSSR count). The second-order valence-corrected chi connectivity index (χ2v) is 4.04. The molecule has 1 aromatic carbocycles. The fourth-order valence-electron chi connectivity index (χ4n) is 1.84. The monoisotopic (exact) mass is 248 g/mol. The lowest BCUT2D eigenvalue weighted by molar-refractivity contribution is -0.138. The number of carboxylic acids is 1. The SMILES string of the molecule is C[C@H]1C(=O)Nc2ccccc2C(=O)N1CC(=O)O. The van der Waals surface area contributed by atoms with Gasteiger partial charge in [0.05, 0.1) is 11.3 Å². The lowest BCUT2D eigenvalue weighted by Gasteiger charge is -2.23. The van der Waals surface area contributed by atoms with Crippen molar-refractivity contribution >= 4 is 23.5 Å². The van der Waals surface area contributed by atoms with Crippen LogP contribution in [0.15, 0.2) is 24.3 Å². The minimum Gasteiger partial charge on any atom is -0.480 e. The smallest absolute Gasteiger partial charge is 0.323 e. The average molecular weight is 248 g/mol. The molecule has 0 saturated carbocycles. The Hall–Kier alpha value is -2.37. The van der Waals surface area contributed by atoms with Crippen molar-refractivity contribution in [3.05, 3.63) is 29.8 Å². The molecule has 0 saturated heterocycles. The van der Waals surface area contributed by atoms with Crippen LogP contribution < -0.4 is 5.32 Å². The molecule has 2 N–H and O–H groups in total. The van der Waals surface area contributed by atoms with Gasteiger partial charge >= 0.3 is 5.97 Å². The summed E-state index contributed by atoms with van der Waals surface area (Å²) in [5.41, 5.74) is 0.712. The Balaban J connectivity index is 2.46. The molecule has 2 amide bonds. The van der Waals surface area contributed by atoms with Gasteiger partial charge in [-0.15, -0.1) is 0 Å². The number of fused-ring (bicyclic) bond motifs is 1.